The van der Waals surface area contributed by atoms with Crippen LogP contribution in [0.5, 0.6) is 0 Å². The molecule has 0 atom stereocenters. The van der Waals surface area contributed by atoms with Crippen molar-refractivity contribution in [3.63, 3.8) is 0 Å². The van der Waals surface area contributed by atoms with Crippen LogP contribution in [0.2, 0.25) is 0 Å². The fourth-order valence-electron chi connectivity index (χ4n) is 1.45. The smallest absolute Gasteiger partial charge is 0.275 e. The molecule has 1 aromatic carbocycles. The summed E-state index contributed by atoms with van der Waals surface area (Å²) < 4.78 is 23.8. The molecule has 19 heavy (non-hydrogen) atoms. The molecule has 1 aromatic heterocycles. The van der Waals surface area contributed by atoms with Crippen molar-refractivity contribution in [2.75, 3.05) is 5.32 Å². The van der Waals surface area contributed by atoms with Gasteiger partial charge in [0.25, 0.3) is 5.91 Å². The average Bonchev–Trinajstić information content (AvgIpc) is 2.75. The van der Waals surface area contributed by atoms with E-state index in [1.54, 1.807) is 17.8 Å². The van der Waals surface area contributed by atoms with Gasteiger partial charge in [0.1, 0.15) is 5.69 Å². The van der Waals surface area contributed by atoms with E-state index in [0.29, 0.717) is 5.69 Å². The third-order valence-corrected chi connectivity index (χ3v) is 3.31. The van der Waals surface area contributed by atoms with Crippen LogP contribution in [-0.4, -0.2) is 23.9 Å². The lowest BCUT2D eigenvalue weighted by Crippen LogP contribution is -2.14. The molecule has 0 aliphatic rings. The van der Waals surface area contributed by atoms with E-state index in [-0.39, 0.29) is 16.5 Å². The van der Waals surface area contributed by atoms with Crippen molar-refractivity contribution in [1.29, 1.82) is 0 Å². The number of aromatic nitrogens is 2. The summed E-state index contributed by atoms with van der Waals surface area (Å²) in [5.74, 6) is -0.371. The zero-order valence-corrected chi connectivity index (χ0v) is 10.9. The molecule has 0 aliphatic carbocycles. The Bertz CT molecular complexity index is 704. The van der Waals surface area contributed by atoms with Crippen molar-refractivity contribution in [1.82, 2.24) is 9.55 Å². The highest BCUT2D eigenvalue weighted by molar-refractivity contribution is 7.89. The molecule has 0 saturated carbocycles. The summed E-state index contributed by atoms with van der Waals surface area (Å²) >= 11 is 0. The zero-order valence-electron chi connectivity index (χ0n) is 10.1. The number of nitrogens with zero attached hydrogens (tertiary/aromatic N) is 2. The number of amides is 1. The van der Waals surface area contributed by atoms with E-state index in [4.69, 9.17) is 5.14 Å². The highest BCUT2D eigenvalue weighted by Crippen LogP contribution is 2.13. The second-order valence-corrected chi connectivity index (χ2v) is 5.51. The number of rotatable bonds is 3. The normalized spacial score (nSPS) is 11.3. The summed E-state index contributed by atoms with van der Waals surface area (Å²) in [5, 5.41) is 7.57. The van der Waals surface area contributed by atoms with Crippen molar-refractivity contribution in [3.8, 4) is 0 Å². The van der Waals surface area contributed by atoms with Gasteiger partial charge in [-0.15, -0.1) is 0 Å². The molecule has 0 radical (unpaired) electrons. The number of hydrogen-bond donors (Lipinski definition) is 2. The van der Waals surface area contributed by atoms with Crippen LogP contribution < -0.4 is 10.5 Å². The van der Waals surface area contributed by atoms with Crippen molar-refractivity contribution in [3.05, 3.63) is 42.5 Å². The topological polar surface area (TPSA) is 107 Å². The maximum Gasteiger partial charge on any atom is 0.275 e. The zero-order chi connectivity index (χ0) is 14.0. The third-order valence-electron chi connectivity index (χ3n) is 2.38. The molecule has 2 aromatic rings. The minimum atomic E-state index is -3.73. The summed E-state index contributed by atoms with van der Waals surface area (Å²) in [4.78, 5) is 15.7. The second kappa shape index (κ2) is 4.82. The van der Waals surface area contributed by atoms with Gasteiger partial charge in [-0.25, -0.2) is 18.5 Å². The SMILES string of the molecule is Cn1cnc(C(=O)Nc2ccc(S(N)(=O)=O)cc2)c1. The lowest BCUT2D eigenvalue weighted by atomic mass is 10.3. The van der Waals surface area contributed by atoms with Crippen LogP contribution in [-0.2, 0) is 17.1 Å². The summed E-state index contributed by atoms with van der Waals surface area (Å²) in [5.41, 5.74) is 0.737. The number of aryl methyl sites for hydroxylation is 1. The van der Waals surface area contributed by atoms with Crippen LogP contribution in [0.4, 0.5) is 5.69 Å². The van der Waals surface area contributed by atoms with Crippen LogP contribution >= 0.6 is 0 Å². The Labute approximate surface area is 110 Å². The van der Waals surface area contributed by atoms with Crippen LogP contribution in [0.1, 0.15) is 10.5 Å². The van der Waals surface area contributed by atoms with E-state index in [1.165, 1.54) is 30.6 Å². The molecule has 1 heterocycles. The predicted octanol–water partition coefficient (Wildman–Crippen LogP) is 0.320. The van der Waals surface area contributed by atoms with E-state index in [0.717, 1.165) is 0 Å². The van der Waals surface area contributed by atoms with E-state index < -0.39 is 10.0 Å². The van der Waals surface area contributed by atoms with E-state index in [1.807, 2.05) is 0 Å². The largest absolute Gasteiger partial charge is 0.340 e. The van der Waals surface area contributed by atoms with Crippen molar-refractivity contribution >= 4 is 21.6 Å². The van der Waals surface area contributed by atoms with Gasteiger partial charge in [-0.3, -0.25) is 4.79 Å². The number of carbonyl (C=O) groups excluding carboxylic acids is 1. The molecular formula is C11H12N4O3S. The van der Waals surface area contributed by atoms with Gasteiger partial charge in [0.2, 0.25) is 10.0 Å². The Morgan fingerprint density at radius 1 is 1.32 bits per heavy atom. The highest BCUT2D eigenvalue weighted by atomic mass is 32.2. The Morgan fingerprint density at radius 3 is 2.42 bits per heavy atom. The van der Waals surface area contributed by atoms with E-state index in [2.05, 4.69) is 10.3 Å². The van der Waals surface area contributed by atoms with Gasteiger partial charge in [0, 0.05) is 18.9 Å². The molecule has 100 valence electrons. The first kappa shape index (κ1) is 13.2. The average molecular weight is 280 g/mol. The van der Waals surface area contributed by atoms with Crippen LogP contribution in [0, 0.1) is 0 Å². The fourth-order valence-corrected chi connectivity index (χ4v) is 1.97. The number of nitrogens with one attached hydrogen (secondary N) is 1. The van der Waals surface area contributed by atoms with E-state index in [9.17, 15) is 13.2 Å². The molecule has 0 aliphatic heterocycles. The van der Waals surface area contributed by atoms with Crippen molar-refractivity contribution in [2.24, 2.45) is 12.2 Å². The van der Waals surface area contributed by atoms with E-state index >= 15 is 0 Å². The highest BCUT2D eigenvalue weighted by Gasteiger charge is 2.10. The predicted molar refractivity (Wildman–Crippen MR) is 69.0 cm³/mol. The number of hydrogen-bond acceptors (Lipinski definition) is 4. The fraction of sp³-hybridized carbons (Fsp3) is 0.0909. The van der Waals surface area contributed by atoms with Gasteiger partial charge in [0.05, 0.1) is 11.2 Å². The maximum atomic E-state index is 11.8. The quantitative estimate of drug-likeness (QED) is 0.844. The molecule has 0 spiro atoms. The first-order chi connectivity index (χ1) is 8.86. The van der Waals surface area contributed by atoms with Crippen LogP contribution in [0.15, 0.2) is 41.7 Å². The first-order valence-corrected chi connectivity index (χ1v) is 6.83. The standard InChI is InChI=1S/C11H12N4O3S/c1-15-6-10(13-7-15)11(16)14-8-2-4-9(5-3-8)19(12,17)18/h2-7H,1H3,(H,14,16)(H2,12,17,18). The molecule has 0 bridgehead atoms. The minimum absolute atomic E-state index is 0.0108. The lowest BCUT2D eigenvalue weighted by Gasteiger charge is -2.04. The number of primary sulfonamides is 1. The number of nitrogens with two attached hydrogens (primary N) is 1. The molecule has 2 rings (SSSR count). The molecular weight excluding hydrogens is 268 g/mol. The molecule has 1 amide bonds. The minimum Gasteiger partial charge on any atom is -0.340 e. The number of benzene rings is 1. The summed E-state index contributed by atoms with van der Waals surface area (Å²) in [7, 11) is -1.97. The summed E-state index contributed by atoms with van der Waals surface area (Å²) in [6.45, 7) is 0. The van der Waals surface area contributed by atoms with Crippen LogP contribution in [0.3, 0.4) is 0 Å². The van der Waals surface area contributed by atoms with Crippen molar-refractivity contribution in [2.45, 2.75) is 4.90 Å². The van der Waals surface area contributed by atoms with Crippen LogP contribution in [0.25, 0.3) is 0 Å². The molecule has 7 nitrogen and oxygen atoms in total. The first-order valence-electron chi connectivity index (χ1n) is 5.28. The Morgan fingerprint density at radius 2 is 1.95 bits per heavy atom. The maximum absolute atomic E-state index is 11.8. The summed E-state index contributed by atoms with van der Waals surface area (Å²) in [6.07, 6.45) is 3.09. The van der Waals surface area contributed by atoms with Gasteiger partial charge >= 0.3 is 0 Å². The molecule has 0 saturated heterocycles. The Balaban J connectivity index is 2.14. The third kappa shape index (κ3) is 3.18. The summed E-state index contributed by atoms with van der Waals surface area (Å²) in [6, 6.07) is 5.56. The van der Waals surface area contributed by atoms with Gasteiger partial charge in [0.15, 0.2) is 0 Å². The second-order valence-electron chi connectivity index (χ2n) is 3.95. The number of carbonyl (C=O) groups is 1. The van der Waals surface area contributed by atoms with Gasteiger partial charge in [-0.2, -0.15) is 0 Å². The molecule has 8 heteroatoms. The number of imidazole rings is 1. The number of anilines is 1. The van der Waals surface area contributed by atoms with Crippen molar-refractivity contribution < 1.29 is 13.2 Å². The monoisotopic (exact) mass is 280 g/mol. The molecule has 3 N–H and O–H groups in total. The Kier molecular flexibility index (Phi) is 3.36. The molecule has 0 unspecified atom stereocenters. The van der Waals surface area contributed by atoms with Gasteiger partial charge < -0.3 is 9.88 Å². The van der Waals surface area contributed by atoms with Gasteiger partial charge in [-0.1, -0.05) is 0 Å². The Hall–Kier alpha value is -2.19. The lowest BCUT2D eigenvalue weighted by molar-refractivity contribution is 0.102. The molecule has 0 fully saturated rings. The van der Waals surface area contributed by atoms with Gasteiger partial charge in [-0.05, 0) is 24.3 Å². The number of sulfonamides is 1.